The van der Waals surface area contributed by atoms with E-state index in [1.165, 1.54) is 25.7 Å². The van der Waals surface area contributed by atoms with E-state index < -0.39 is 0 Å². The summed E-state index contributed by atoms with van der Waals surface area (Å²) >= 11 is 6.44. The van der Waals surface area contributed by atoms with Gasteiger partial charge in [-0.1, -0.05) is 38.3 Å². The van der Waals surface area contributed by atoms with Crippen molar-refractivity contribution in [2.24, 2.45) is 5.92 Å². The molecular weight excluding hydrogens is 270 g/mol. The number of ketones is 1. The van der Waals surface area contributed by atoms with E-state index in [2.05, 4.69) is 18.7 Å². The Morgan fingerprint density at radius 2 is 2.00 bits per heavy atom. The summed E-state index contributed by atoms with van der Waals surface area (Å²) in [5.74, 6) is 0.661. The van der Waals surface area contributed by atoms with Crippen molar-refractivity contribution in [2.75, 3.05) is 11.4 Å². The number of anilines is 1. The van der Waals surface area contributed by atoms with Gasteiger partial charge in [-0.15, -0.1) is 0 Å². The maximum Gasteiger partial charge on any atom is 0.159 e. The summed E-state index contributed by atoms with van der Waals surface area (Å²) in [6.07, 6.45) is 5.11. The SMILES string of the molecule is CC(=O)c1ccc(N(CC(C)C)C2CCCC2)c(Cl)c1. The van der Waals surface area contributed by atoms with Crippen molar-refractivity contribution in [2.45, 2.75) is 52.5 Å². The van der Waals surface area contributed by atoms with Crippen LogP contribution in [0.15, 0.2) is 18.2 Å². The Labute approximate surface area is 127 Å². The predicted molar refractivity (Wildman–Crippen MR) is 85.9 cm³/mol. The first-order valence-electron chi connectivity index (χ1n) is 7.56. The number of carbonyl (C=O) groups excluding carboxylic acids is 1. The molecule has 0 radical (unpaired) electrons. The van der Waals surface area contributed by atoms with Crippen LogP contribution in [-0.2, 0) is 0 Å². The highest BCUT2D eigenvalue weighted by Crippen LogP contribution is 2.34. The second-order valence-electron chi connectivity index (χ2n) is 6.21. The van der Waals surface area contributed by atoms with E-state index in [1.54, 1.807) is 6.92 Å². The Hall–Kier alpha value is -1.02. The van der Waals surface area contributed by atoms with Gasteiger partial charge in [0.25, 0.3) is 0 Å². The van der Waals surface area contributed by atoms with Crippen molar-refractivity contribution >= 4 is 23.1 Å². The van der Waals surface area contributed by atoms with Crippen LogP contribution in [0.4, 0.5) is 5.69 Å². The molecule has 1 aromatic carbocycles. The van der Waals surface area contributed by atoms with Gasteiger partial charge in [0.15, 0.2) is 5.78 Å². The number of benzene rings is 1. The Morgan fingerprint density at radius 3 is 2.50 bits per heavy atom. The van der Waals surface area contributed by atoms with E-state index >= 15 is 0 Å². The summed E-state index contributed by atoms with van der Waals surface area (Å²) in [5, 5.41) is 0.699. The molecule has 0 N–H and O–H groups in total. The summed E-state index contributed by atoms with van der Waals surface area (Å²) in [4.78, 5) is 13.9. The summed E-state index contributed by atoms with van der Waals surface area (Å²) in [6, 6.07) is 6.31. The zero-order valence-corrected chi connectivity index (χ0v) is 13.4. The molecule has 1 saturated carbocycles. The molecule has 0 atom stereocenters. The largest absolute Gasteiger partial charge is 0.367 e. The second-order valence-corrected chi connectivity index (χ2v) is 6.61. The van der Waals surface area contributed by atoms with Gasteiger partial charge < -0.3 is 4.90 Å². The molecule has 1 aromatic rings. The fraction of sp³-hybridized carbons (Fsp3) is 0.588. The molecule has 0 amide bonds. The molecule has 2 nitrogen and oxygen atoms in total. The standard InChI is InChI=1S/C17H24ClNO/c1-12(2)11-19(15-6-4-5-7-15)17-9-8-14(13(3)20)10-16(17)18/h8-10,12,15H,4-7,11H2,1-3H3. The molecule has 3 heteroatoms. The first-order valence-corrected chi connectivity index (χ1v) is 7.94. The van der Waals surface area contributed by atoms with Gasteiger partial charge in [0.05, 0.1) is 10.7 Å². The molecule has 2 rings (SSSR count). The lowest BCUT2D eigenvalue weighted by molar-refractivity contribution is 0.101. The molecule has 0 saturated heterocycles. The van der Waals surface area contributed by atoms with Crippen molar-refractivity contribution in [1.29, 1.82) is 0 Å². The summed E-state index contributed by atoms with van der Waals surface area (Å²) in [6.45, 7) is 7.07. The third kappa shape index (κ3) is 3.54. The van der Waals surface area contributed by atoms with E-state index in [9.17, 15) is 4.79 Å². The van der Waals surface area contributed by atoms with Crippen LogP contribution in [0.3, 0.4) is 0 Å². The van der Waals surface area contributed by atoms with Gasteiger partial charge in [0, 0.05) is 18.2 Å². The van der Waals surface area contributed by atoms with Crippen molar-refractivity contribution in [1.82, 2.24) is 0 Å². The number of Topliss-reactive ketones (excluding diaryl/α,β-unsaturated/α-hetero) is 1. The lowest BCUT2D eigenvalue weighted by atomic mass is 10.1. The van der Waals surface area contributed by atoms with E-state index in [4.69, 9.17) is 11.6 Å². The quantitative estimate of drug-likeness (QED) is 0.716. The van der Waals surface area contributed by atoms with E-state index in [0.717, 1.165) is 12.2 Å². The normalized spacial score (nSPS) is 15.8. The van der Waals surface area contributed by atoms with Gasteiger partial charge in [-0.3, -0.25) is 4.79 Å². The van der Waals surface area contributed by atoms with Crippen LogP contribution >= 0.6 is 11.6 Å². The number of hydrogen-bond acceptors (Lipinski definition) is 2. The highest BCUT2D eigenvalue weighted by Gasteiger charge is 2.25. The molecule has 110 valence electrons. The predicted octanol–water partition coefficient (Wildman–Crippen LogP) is 4.95. The number of hydrogen-bond donors (Lipinski definition) is 0. The first kappa shape index (κ1) is 15.4. The van der Waals surface area contributed by atoms with Crippen LogP contribution in [-0.4, -0.2) is 18.4 Å². The first-order chi connectivity index (χ1) is 9.49. The van der Waals surface area contributed by atoms with Crippen LogP contribution in [0, 0.1) is 5.92 Å². The maximum absolute atomic E-state index is 11.4. The van der Waals surface area contributed by atoms with Crippen molar-refractivity contribution in [3.63, 3.8) is 0 Å². The Balaban J connectivity index is 2.30. The molecule has 0 bridgehead atoms. The molecule has 0 unspecified atom stereocenters. The van der Waals surface area contributed by atoms with Crippen LogP contribution in [0.2, 0.25) is 5.02 Å². The summed E-state index contributed by atoms with van der Waals surface area (Å²) in [7, 11) is 0. The zero-order chi connectivity index (χ0) is 14.7. The number of halogens is 1. The molecule has 0 heterocycles. The smallest absolute Gasteiger partial charge is 0.159 e. The number of rotatable bonds is 5. The van der Waals surface area contributed by atoms with E-state index in [1.807, 2.05) is 18.2 Å². The lowest BCUT2D eigenvalue weighted by Gasteiger charge is -2.33. The number of carbonyl (C=O) groups is 1. The van der Waals surface area contributed by atoms with Gasteiger partial charge >= 0.3 is 0 Å². The Kier molecular flexibility index (Phi) is 5.09. The molecule has 1 aliphatic carbocycles. The average molecular weight is 294 g/mol. The minimum Gasteiger partial charge on any atom is -0.367 e. The van der Waals surface area contributed by atoms with Crippen LogP contribution < -0.4 is 4.90 Å². The summed E-state index contributed by atoms with van der Waals surface area (Å²) < 4.78 is 0. The van der Waals surface area contributed by atoms with Crippen LogP contribution in [0.1, 0.15) is 56.8 Å². The molecular formula is C17H24ClNO. The Morgan fingerprint density at radius 1 is 1.35 bits per heavy atom. The van der Waals surface area contributed by atoms with E-state index in [0.29, 0.717) is 22.5 Å². The van der Waals surface area contributed by atoms with Gasteiger partial charge in [0.2, 0.25) is 0 Å². The topological polar surface area (TPSA) is 20.3 Å². The number of nitrogens with zero attached hydrogens (tertiary/aromatic N) is 1. The fourth-order valence-corrected chi connectivity index (χ4v) is 3.30. The molecule has 0 aliphatic heterocycles. The van der Waals surface area contributed by atoms with Gasteiger partial charge in [-0.05, 0) is 43.9 Å². The molecule has 20 heavy (non-hydrogen) atoms. The molecule has 1 fully saturated rings. The van der Waals surface area contributed by atoms with E-state index in [-0.39, 0.29) is 5.78 Å². The molecule has 1 aliphatic rings. The zero-order valence-electron chi connectivity index (χ0n) is 12.7. The lowest BCUT2D eigenvalue weighted by Crippen LogP contribution is -2.36. The van der Waals surface area contributed by atoms with Crippen molar-refractivity contribution in [3.05, 3.63) is 28.8 Å². The highest BCUT2D eigenvalue weighted by molar-refractivity contribution is 6.33. The Bertz CT molecular complexity index is 478. The minimum absolute atomic E-state index is 0.0646. The van der Waals surface area contributed by atoms with Crippen molar-refractivity contribution in [3.8, 4) is 0 Å². The van der Waals surface area contributed by atoms with Crippen molar-refractivity contribution < 1.29 is 4.79 Å². The fourth-order valence-electron chi connectivity index (χ4n) is 3.01. The third-order valence-corrected chi connectivity index (χ3v) is 4.29. The minimum atomic E-state index is 0.0646. The highest BCUT2D eigenvalue weighted by atomic mass is 35.5. The molecule has 0 aromatic heterocycles. The molecule has 0 spiro atoms. The monoisotopic (exact) mass is 293 g/mol. The van der Waals surface area contributed by atoms with Gasteiger partial charge in [0.1, 0.15) is 0 Å². The second kappa shape index (κ2) is 6.62. The summed E-state index contributed by atoms with van der Waals surface area (Å²) in [5.41, 5.74) is 1.77. The average Bonchev–Trinajstić information content (AvgIpc) is 2.89. The van der Waals surface area contributed by atoms with Crippen LogP contribution in [0.25, 0.3) is 0 Å². The maximum atomic E-state index is 11.4. The van der Waals surface area contributed by atoms with Crippen LogP contribution in [0.5, 0.6) is 0 Å². The van der Waals surface area contributed by atoms with Gasteiger partial charge in [-0.2, -0.15) is 0 Å². The third-order valence-electron chi connectivity index (χ3n) is 3.99. The van der Waals surface area contributed by atoms with Gasteiger partial charge in [-0.25, -0.2) is 0 Å².